The molecule has 1 aromatic carbocycles. The Bertz CT molecular complexity index is 794. The molecule has 0 aliphatic rings. The van der Waals surface area contributed by atoms with E-state index in [1.807, 2.05) is 0 Å². The van der Waals surface area contributed by atoms with Crippen LogP contribution in [-0.2, 0) is 12.6 Å². The van der Waals surface area contributed by atoms with Crippen molar-refractivity contribution in [3.8, 4) is 11.3 Å². The highest BCUT2D eigenvalue weighted by molar-refractivity contribution is 5.87. The molecule has 2 N–H and O–H groups in total. The first kappa shape index (κ1) is 14.6. The minimum absolute atomic E-state index is 0.165. The van der Waals surface area contributed by atoms with E-state index in [4.69, 9.17) is 10.2 Å². The van der Waals surface area contributed by atoms with Crippen molar-refractivity contribution in [2.24, 2.45) is 5.73 Å². The van der Waals surface area contributed by atoms with E-state index >= 15 is 0 Å². The molecule has 0 fully saturated rings. The molecule has 0 saturated heterocycles. The lowest BCUT2D eigenvalue weighted by Gasteiger charge is -2.09. The molecule has 0 atom stereocenters. The van der Waals surface area contributed by atoms with Crippen LogP contribution in [0.3, 0.4) is 0 Å². The number of benzene rings is 1. The Morgan fingerprint density at radius 2 is 2.05 bits per heavy atom. The third-order valence-corrected chi connectivity index (χ3v) is 3.27. The van der Waals surface area contributed by atoms with Crippen molar-refractivity contribution < 1.29 is 17.6 Å². The standard InChI is InChI=1S/C16H12F3N2O/c17-16(18,19)13-9-10(14-3-1-2-6-21-14)7-11-8-12(4-5-20)22-15(11)13/h1,3,6-9H,4-5,20H2. The fraction of sp³-hybridized carbons (Fsp3) is 0.188. The summed E-state index contributed by atoms with van der Waals surface area (Å²) in [5.41, 5.74) is 5.29. The molecule has 0 spiro atoms. The van der Waals surface area contributed by atoms with Crippen LogP contribution in [0.25, 0.3) is 22.2 Å². The van der Waals surface area contributed by atoms with Gasteiger partial charge in [0.05, 0.1) is 11.3 Å². The highest BCUT2D eigenvalue weighted by Crippen LogP contribution is 2.39. The Hall–Kier alpha value is -2.34. The number of halogens is 3. The zero-order chi connectivity index (χ0) is 15.7. The molecule has 2 heterocycles. The van der Waals surface area contributed by atoms with Crippen molar-refractivity contribution in [2.75, 3.05) is 6.54 Å². The number of fused-ring (bicyclic) bond motifs is 1. The van der Waals surface area contributed by atoms with E-state index in [-0.39, 0.29) is 5.58 Å². The summed E-state index contributed by atoms with van der Waals surface area (Å²) in [6, 6.07) is 10.2. The van der Waals surface area contributed by atoms with Gasteiger partial charge in [-0.3, -0.25) is 4.98 Å². The maximum atomic E-state index is 13.3. The second-order valence-electron chi connectivity index (χ2n) is 4.83. The second kappa shape index (κ2) is 5.46. The average Bonchev–Trinajstić information content (AvgIpc) is 2.88. The van der Waals surface area contributed by atoms with Gasteiger partial charge in [-0.05, 0) is 30.8 Å². The number of rotatable bonds is 3. The lowest BCUT2D eigenvalue weighted by atomic mass is 10.0. The third kappa shape index (κ3) is 2.69. The monoisotopic (exact) mass is 305 g/mol. The zero-order valence-corrected chi connectivity index (χ0v) is 11.4. The molecular formula is C16H12F3N2O. The highest BCUT2D eigenvalue weighted by atomic mass is 19.4. The first-order valence-electron chi connectivity index (χ1n) is 6.65. The summed E-state index contributed by atoms with van der Waals surface area (Å²) < 4.78 is 45.2. The minimum atomic E-state index is -4.51. The molecule has 113 valence electrons. The van der Waals surface area contributed by atoms with E-state index in [2.05, 4.69) is 11.1 Å². The molecule has 0 amide bonds. The summed E-state index contributed by atoms with van der Waals surface area (Å²) >= 11 is 0. The Morgan fingerprint density at radius 1 is 1.23 bits per heavy atom. The van der Waals surface area contributed by atoms with Crippen LogP contribution in [0.15, 0.2) is 40.9 Å². The Morgan fingerprint density at radius 3 is 2.68 bits per heavy atom. The van der Waals surface area contributed by atoms with Gasteiger partial charge in [-0.2, -0.15) is 13.2 Å². The number of aromatic nitrogens is 1. The second-order valence-corrected chi connectivity index (χ2v) is 4.83. The van der Waals surface area contributed by atoms with E-state index in [0.717, 1.165) is 6.07 Å². The first-order valence-corrected chi connectivity index (χ1v) is 6.65. The molecule has 3 aromatic rings. The van der Waals surface area contributed by atoms with Crippen LogP contribution in [0.4, 0.5) is 13.2 Å². The summed E-state index contributed by atoms with van der Waals surface area (Å²) in [5.74, 6) is 0.439. The topological polar surface area (TPSA) is 52.0 Å². The third-order valence-electron chi connectivity index (χ3n) is 3.27. The van der Waals surface area contributed by atoms with Gasteiger partial charge in [-0.1, -0.05) is 6.07 Å². The van der Waals surface area contributed by atoms with Gasteiger partial charge in [0, 0.05) is 29.6 Å². The molecule has 0 aliphatic heterocycles. The van der Waals surface area contributed by atoms with Crippen LogP contribution in [-0.4, -0.2) is 11.5 Å². The average molecular weight is 305 g/mol. The van der Waals surface area contributed by atoms with E-state index in [9.17, 15) is 13.2 Å². The van der Waals surface area contributed by atoms with Gasteiger partial charge in [0.15, 0.2) is 0 Å². The van der Waals surface area contributed by atoms with Crippen molar-refractivity contribution >= 4 is 11.0 Å². The number of hydrogen-bond acceptors (Lipinski definition) is 3. The van der Waals surface area contributed by atoms with Gasteiger partial charge in [-0.15, -0.1) is 0 Å². The van der Waals surface area contributed by atoms with Crippen LogP contribution in [0.2, 0.25) is 0 Å². The van der Waals surface area contributed by atoms with Crippen molar-refractivity contribution in [3.63, 3.8) is 0 Å². The van der Waals surface area contributed by atoms with Crippen LogP contribution >= 0.6 is 0 Å². The molecule has 0 saturated carbocycles. The SMILES string of the molecule is NCCc1cc2cc(-c3cc[c]cn3)cc(C(F)(F)F)c2o1. The highest BCUT2D eigenvalue weighted by Gasteiger charge is 2.35. The molecular weight excluding hydrogens is 293 g/mol. The predicted molar refractivity (Wildman–Crippen MR) is 76.0 cm³/mol. The van der Waals surface area contributed by atoms with Crippen LogP contribution < -0.4 is 5.73 Å². The number of hydrogen-bond donors (Lipinski definition) is 1. The lowest BCUT2D eigenvalue weighted by molar-refractivity contribution is -0.136. The molecule has 0 bridgehead atoms. The molecule has 1 radical (unpaired) electrons. The van der Waals surface area contributed by atoms with Crippen molar-refractivity contribution in [1.82, 2.24) is 4.98 Å². The molecule has 3 nitrogen and oxygen atoms in total. The van der Waals surface area contributed by atoms with Gasteiger partial charge >= 0.3 is 6.18 Å². The maximum Gasteiger partial charge on any atom is 0.420 e. The first-order chi connectivity index (χ1) is 10.5. The Kier molecular flexibility index (Phi) is 3.62. The fourth-order valence-corrected chi connectivity index (χ4v) is 2.32. The van der Waals surface area contributed by atoms with Crippen LogP contribution in [0, 0.1) is 6.07 Å². The molecule has 22 heavy (non-hydrogen) atoms. The van der Waals surface area contributed by atoms with E-state index in [1.54, 1.807) is 24.3 Å². The van der Waals surface area contributed by atoms with E-state index in [1.165, 1.54) is 6.20 Å². The van der Waals surface area contributed by atoms with E-state index < -0.39 is 11.7 Å². The lowest BCUT2D eigenvalue weighted by Crippen LogP contribution is -2.05. The molecule has 6 heteroatoms. The number of alkyl halides is 3. The normalized spacial score (nSPS) is 12.0. The van der Waals surface area contributed by atoms with Crippen molar-refractivity contribution in [3.05, 3.63) is 53.9 Å². The van der Waals surface area contributed by atoms with Gasteiger partial charge < -0.3 is 10.2 Å². The van der Waals surface area contributed by atoms with E-state index in [0.29, 0.717) is 35.4 Å². The van der Waals surface area contributed by atoms with Gasteiger partial charge in [0.1, 0.15) is 11.3 Å². The number of nitrogens with zero attached hydrogens (tertiary/aromatic N) is 1. The fourth-order valence-electron chi connectivity index (χ4n) is 2.32. The molecule has 3 rings (SSSR count). The summed E-state index contributed by atoms with van der Waals surface area (Å²) in [4.78, 5) is 4.05. The van der Waals surface area contributed by atoms with Gasteiger partial charge in [0.2, 0.25) is 0 Å². The van der Waals surface area contributed by atoms with Gasteiger partial charge in [0.25, 0.3) is 0 Å². The smallest absolute Gasteiger partial charge is 0.420 e. The number of nitrogens with two attached hydrogens (primary N) is 1. The number of furan rings is 1. The van der Waals surface area contributed by atoms with Crippen molar-refractivity contribution in [1.29, 1.82) is 0 Å². The Labute approximate surface area is 124 Å². The maximum absolute atomic E-state index is 13.3. The Balaban J connectivity index is 2.24. The molecule has 0 aliphatic carbocycles. The van der Waals surface area contributed by atoms with Crippen molar-refractivity contribution in [2.45, 2.75) is 12.6 Å². The summed E-state index contributed by atoms with van der Waals surface area (Å²) in [6.45, 7) is 0.310. The number of pyridine rings is 1. The summed E-state index contributed by atoms with van der Waals surface area (Å²) in [7, 11) is 0. The molecule has 2 aromatic heterocycles. The minimum Gasteiger partial charge on any atom is -0.460 e. The summed E-state index contributed by atoms with van der Waals surface area (Å²) in [5, 5.41) is 0.392. The summed E-state index contributed by atoms with van der Waals surface area (Å²) in [6.07, 6.45) is -2.70. The van der Waals surface area contributed by atoms with Crippen LogP contribution in [0.5, 0.6) is 0 Å². The predicted octanol–water partition coefficient (Wildman–Crippen LogP) is 3.81. The zero-order valence-electron chi connectivity index (χ0n) is 11.4. The quantitative estimate of drug-likeness (QED) is 0.800. The van der Waals surface area contributed by atoms with Gasteiger partial charge in [-0.25, -0.2) is 0 Å². The van der Waals surface area contributed by atoms with Crippen LogP contribution in [0.1, 0.15) is 11.3 Å². The largest absolute Gasteiger partial charge is 0.460 e. The molecule has 0 unspecified atom stereocenters.